The van der Waals surface area contributed by atoms with E-state index in [-0.39, 0.29) is 17.3 Å². The van der Waals surface area contributed by atoms with Crippen molar-refractivity contribution in [3.8, 4) is 17.2 Å². The highest BCUT2D eigenvalue weighted by atomic mass is 16.5. The number of ketones is 1. The smallest absolute Gasteiger partial charge is 0.231 e. The molecule has 1 heterocycles. The predicted octanol–water partition coefficient (Wildman–Crippen LogP) is 3.57. The Hall–Kier alpha value is -3.01. The van der Waals surface area contributed by atoms with E-state index in [1.165, 1.54) is 12.1 Å². The van der Waals surface area contributed by atoms with Crippen LogP contribution in [0, 0.1) is 0 Å². The summed E-state index contributed by atoms with van der Waals surface area (Å²) in [5.41, 5.74) is 1.28. The number of hydrogen-bond acceptors (Lipinski definition) is 4. The lowest BCUT2D eigenvalue weighted by Crippen LogP contribution is -1.98. The van der Waals surface area contributed by atoms with Crippen LogP contribution in [0.4, 0.5) is 0 Å². The molecule has 2 aromatic carbocycles. The topological polar surface area (TPSA) is 55.8 Å². The van der Waals surface area contributed by atoms with E-state index in [0.717, 1.165) is 11.3 Å². The van der Waals surface area contributed by atoms with Crippen molar-refractivity contribution in [2.24, 2.45) is 0 Å². The molecule has 4 nitrogen and oxygen atoms in total. The molecular weight excluding hydrogens is 280 g/mol. The van der Waals surface area contributed by atoms with Crippen molar-refractivity contribution < 1.29 is 19.4 Å². The molecule has 1 aliphatic heterocycles. The SMILES string of the molecule is C=CCOc1ccc(/C=C2\Oc3cc(O)ccc3C2=O)cc1. The fraction of sp³-hybridized carbons (Fsp3) is 0.0556. The maximum atomic E-state index is 12.2. The Morgan fingerprint density at radius 3 is 2.68 bits per heavy atom. The van der Waals surface area contributed by atoms with Crippen molar-refractivity contribution >= 4 is 11.9 Å². The lowest BCUT2D eigenvalue weighted by Gasteiger charge is -2.03. The van der Waals surface area contributed by atoms with Crippen LogP contribution < -0.4 is 9.47 Å². The third-order valence-corrected chi connectivity index (χ3v) is 3.20. The van der Waals surface area contributed by atoms with Crippen LogP contribution in [-0.4, -0.2) is 17.5 Å². The number of fused-ring (bicyclic) bond motifs is 1. The molecule has 0 aromatic heterocycles. The summed E-state index contributed by atoms with van der Waals surface area (Å²) >= 11 is 0. The van der Waals surface area contributed by atoms with Gasteiger partial charge in [0.05, 0.1) is 5.56 Å². The van der Waals surface area contributed by atoms with E-state index in [0.29, 0.717) is 17.9 Å². The van der Waals surface area contributed by atoms with E-state index in [2.05, 4.69) is 6.58 Å². The Morgan fingerprint density at radius 2 is 1.95 bits per heavy atom. The highest BCUT2D eigenvalue weighted by Crippen LogP contribution is 2.34. The molecule has 1 N–H and O–H groups in total. The Balaban J connectivity index is 1.82. The molecule has 0 saturated carbocycles. The predicted molar refractivity (Wildman–Crippen MR) is 83.2 cm³/mol. The van der Waals surface area contributed by atoms with Gasteiger partial charge in [-0.1, -0.05) is 24.8 Å². The minimum Gasteiger partial charge on any atom is -0.508 e. The molecule has 4 heteroatoms. The van der Waals surface area contributed by atoms with E-state index in [1.807, 2.05) is 24.3 Å². The van der Waals surface area contributed by atoms with Gasteiger partial charge in [-0.2, -0.15) is 0 Å². The molecule has 0 bridgehead atoms. The number of carbonyl (C=O) groups excluding carboxylic acids is 1. The third-order valence-electron chi connectivity index (χ3n) is 3.20. The molecule has 0 amide bonds. The van der Waals surface area contributed by atoms with Crippen molar-refractivity contribution in [3.05, 3.63) is 72.0 Å². The van der Waals surface area contributed by atoms with Crippen molar-refractivity contribution in [2.75, 3.05) is 6.61 Å². The standard InChI is InChI=1S/C18H14O4/c1-2-9-21-14-6-3-12(4-7-14)10-17-18(20)15-8-5-13(19)11-16(15)22-17/h2-8,10-11,19H,1,9H2/b17-10-. The number of allylic oxidation sites excluding steroid dienone is 1. The summed E-state index contributed by atoms with van der Waals surface area (Å²) in [6, 6.07) is 11.8. The quantitative estimate of drug-likeness (QED) is 0.692. The normalized spacial score (nSPS) is 14.5. The van der Waals surface area contributed by atoms with Gasteiger partial charge in [-0.15, -0.1) is 0 Å². The second kappa shape index (κ2) is 5.77. The number of rotatable bonds is 4. The minimum atomic E-state index is -0.193. The molecule has 3 rings (SSSR count). The first kappa shape index (κ1) is 13.9. The van der Waals surface area contributed by atoms with Crippen molar-refractivity contribution in [1.82, 2.24) is 0 Å². The van der Waals surface area contributed by atoms with Crippen LogP contribution in [0.2, 0.25) is 0 Å². The average molecular weight is 294 g/mol. The number of phenolic OH excluding ortho intramolecular Hbond substituents is 1. The zero-order valence-corrected chi connectivity index (χ0v) is 11.8. The first-order valence-electron chi connectivity index (χ1n) is 6.78. The fourth-order valence-corrected chi connectivity index (χ4v) is 2.14. The van der Waals surface area contributed by atoms with Crippen LogP contribution in [0.25, 0.3) is 6.08 Å². The highest BCUT2D eigenvalue weighted by Gasteiger charge is 2.27. The number of aromatic hydroxyl groups is 1. The van der Waals surface area contributed by atoms with Gasteiger partial charge in [0, 0.05) is 6.07 Å². The molecule has 1 aliphatic rings. The summed E-state index contributed by atoms with van der Waals surface area (Å²) in [7, 11) is 0. The maximum Gasteiger partial charge on any atom is 0.231 e. The molecule has 0 atom stereocenters. The van der Waals surface area contributed by atoms with E-state index >= 15 is 0 Å². The highest BCUT2D eigenvalue weighted by molar-refractivity contribution is 6.14. The lowest BCUT2D eigenvalue weighted by molar-refractivity contribution is 0.101. The van der Waals surface area contributed by atoms with Gasteiger partial charge in [0.15, 0.2) is 5.76 Å². The summed E-state index contributed by atoms with van der Waals surface area (Å²) in [4.78, 5) is 12.2. The summed E-state index contributed by atoms with van der Waals surface area (Å²) < 4.78 is 10.9. The second-order valence-electron chi connectivity index (χ2n) is 4.79. The summed E-state index contributed by atoms with van der Waals surface area (Å²) in [5, 5.41) is 9.43. The van der Waals surface area contributed by atoms with E-state index in [9.17, 15) is 9.90 Å². The largest absolute Gasteiger partial charge is 0.508 e. The maximum absolute atomic E-state index is 12.2. The minimum absolute atomic E-state index is 0.0662. The van der Waals surface area contributed by atoms with Crippen molar-refractivity contribution in [1.29, 1.82) is 0 Å². The zero-order valence-electron chi connectivity index (χ0n) is 11.8. The first-order valence-corrected chi connectivity index (χ1v) is 6.78. The van der Waals surface area contributed by atoms with Crippen LogP contribution in [0.3, 0.4) is 0 Å². The molecule has 110 valence electrons. The molecule has 0 spiro atoms. The Morgan fingerprint density at radius 1 is 1.18 bits per heavy atom. The number of Topliss-reactive ketones (excluding diaryl/α,β-unsaturated/α-hetero) is 1. The monoisotopic (exact) mass is 294 g/mol. The molecular formula is C18H14O4. The molecule has 0 fully saturated rings. The molecule has 0 unspecified atom stereocenters. The van der Waals surface area contributed by atoms with Gasteiger partial charge in [-0.3, -0.25) is 4.79 Å². The molecule has 0 saturated heterocycles. The van der Waals surface area contributed by atoms with E-state index < -0.39 is 0 Å². The number of phenols is 1. The van der Waals surface area contributed by atoms with Gasteiger partial charge in [0.2, 0.25) is 5.78 Å². The van der Waals surface area contributed by atoms with Crippen LogP contribution in [0.5, 0.6) is 17.2 Å². The van der Waals surface area contributed by atoms with Gasteiger partial charge < -0.3 is 14.6 Å². The molecule has 22 heavy (non-hydrogen) atoms. The second-order valence-corrected chi connectivity index (χ2v) is 4.79. The average Bonchev–Trinajstić information content (AvgIpc) is 2.82. The summed E-state index contributed by atoms with van der Waals surface area (Å²) in [6.07, 6.45) is 3.34. The van der Waals surface area contributed by atoms with Crippen LogP contribution in [0.15, 0.2) is 60.9 Å². The van der Waals surface area contributed by atoms with Gasteiger partial charge in [0.25, 0.3) is 0 Å². The van der Waals surface area contributed by atoms with Gasteiger partial charge in [0.1, 0.15) is 23.9 Å². The van der Waals surface area contributed by atoms with Crippen LogP contribution in [0.1, 0.15) is 15.9 Å². The third kappa shape index (κ3) is 2.72. The number of hydrogen-bond donors (Lipinski definition) is 1. The van der Waals surface area contributed by atoms with E-state index in [4.69, 9.17) is 9.47 Å². The molecule has 0 aliphatic carbocycles. The Kier molecular flexibility index (Phi) is 3.66. The van der Waals surface area contributed by atoms with Crippen molar-refractivity contribution in [2.45, 2.75) is 0 Å². The fourth-order valence-electron chi connectivity index (χ4n) is 2.14. The van der Waals surface area contributed by atoms with E-state index in [1.54, 1.807) is 18.2 Å². The van der Waals surface area contributed by atoms with Gasteiger partial charge in [-0.25, -0.2) is 0 Å². The van der Waals surface area contributed by atoms with Crippen molar-refractivity contribution in [3.63, 3.8) is 0 Å². The van der Waals surface area contributed by atoms with Crippen LogP contribution in [-0.2, 0) is 0 Å². The molecule has 0 radical (unpaired) electrons. The Labute approximate surface area is 127 Å². The first-order chi connectivity index (χ1) is 10.7. The summed E-state index contributed by atoms with van der Waals surface area (Å²) in [6.45, 7) is 4.03. The summed E-state index contributed by atoms with van der Waals surface area (Å²) in [5.74, 6) is 1.22. The zero-order chi connectivity index (χ0) is 15.5. The molecule has 2 aromatic rings. The van der Waals surface area contributed by atoms with Gasteiger partial charge >= 0.3 is 0 Å². The lowest BCUT2D eigenvalue weighted by atomic mass is 10.1. The number of carbonyl (C=O) groups is 1. The van der Waals surface area contributed by atoms with Crippen LogP contribution >= 0.6 is 0 Å². The number of benzene rings is 2. The number of ether oxygens (including phenoxy) is 2. The Bertz CT molecular complexity index is 757. The van der Waals surface area contributed by atoms with Gasteiger partial charge in [-0.05, 0) is 35.9 Å².